The van der Waals surface area contributed by atoms with E-state index in [2.05, 4.69) is 5.32 Å². The van der Waals surface area contributed by atoms with Crippen LogP contribution in [-0.2, 0) is 17.5 Å². The number of rotatable bonds is 4. The first-order chi connectivity index (χ1) is 12.5. The molecule has 0 unspecified atom stereocenters. The lowest BCUT2D eigenvalue weighted by atomic mass is 10.1. The van der Waals surface area contributed by atoms with Gasteiger partial charge in [0.05, 0.1) is 5.56 Å². The Hall–Kier alpha value is -3.04. The van der Waals surface area contributed by atoms with E-state index in [-0.39, 0.29) is 16.8 Å². The lowest BCUT2D eigenvalue weighted by Gasteiger charge is -2.13. The molecule has 0 spiro atoms. The Morgan fingerprint density at radius 1 is 0.852 bits per heavy atom. The summed E-state index contributed by atoms with van der Waals surface area (Å²) in [5.74, 6) is -2.88. The number of alkyl halides is 6. The van der Waals surface area contributed by atoms with Crippen LogP contribution >= 0.6 is 0 Å². The molecular formula is C17H12F6N2O2. The van der Waals surface area contributed by atoms with Crippen LogP contribution in [0.2, 0.25) is 0 Å². The Balaban J connectivity index is 2.11. The van der Waals surface area contributed by atoms with Crippen molar-refractivity contribution in [2.45, 2.75) is 18.9 Å². The molecule has 0 aliphatic carbocycles. The molecule has 0 atom stereocenters. The van der Waals surface area contributed by atoms with E-state index in [1.54, 1.807) is 5.32 Å². The molecule has 0 saturated heterocycles. The average molecular weight is 390 g/mol. The van der Waals surface area contributed by atoms with Gasteiger partial charge in [-0.3, -0.25) is 9.59 Å². The third kappa shape index (κ3) is 5.47. The molecule has 2 aromatic carbocycles. The highest BCUT2D eigenvalue weighted by molar-refractivity contribution is 6.04. The molecule has 0 heterocycles. The molecule has 0 bridgehead atoms. The normalized spacial score (nSPS) is 11.8. The van der Waals surface area contributed by atoms with E-state index in [1.807, 2.05) is 0 Å². The fourth-order valence-electron chi connectivity index (χ4n) is 2.08. The predicted molar refractivity (Wildman–Crippen MR) is 83.7 cm³/mol. The van der Waals surface area contributed by atoms with Crippen molar-refractivity contribution in [1.82, 2.24) is 5.32 Å². The van der Waals surface area contributed by atoms with Gasteiger partial charge in [-0.1, -0.05) is 18.2 Å². The van der Waals surface area contributed by atoms with Gasteiger partial charge in [0, 0.05) is 17.8 Å². The summed E-state index contributed by atoms with van der Waals surface area (Å²) in [5, 5.41) is 4.07. The zero-order valence-electron chi connectivity index (χ0n) is 13.4. The Labute approximate surface area is 149 Å². The summed E-state index contributed by atoms with van der Waals surface area (Å²) in [5.41, 5.74) is -0.688. The van der Waals surface area contributed by atoms with Crippen LogP contribution in [0.3, 0.4) is 0 Å². The topological polar surface area (TPSA) is 58.2 Å². The number of para-hydroxylation sites is 1. The van der Waals surface area contributed by atoms with Gasteiger partial charge in [0.25, 0.3) is 5.91 Å². The van der Waals surface area contributed by atoms with Gasteiger partial charge in [-0.25, -0.2) is 0 Å². The number of halogens is 6. The van der Waals surface area contributed by atoms with Gasteiger partial charge in [0.15, 0.2) is 0 Å². The molecule has 4 nitrogen and oxygen atoms in total. The highest BCUT2D eigenvalue weighted by atomic mass is 19.4. The van der Waals surface area contributed by atoms with Crippen LogP contribution < -0.4 is 10.6 Å². The van der Waals surface area contributed by atoms with Crippen LogP contribution in [0.25, 0.3) is 0 Å². The van der Waals surface area contributed by atoms with E-state index in [0.29, 0.717) is 0 Å². The smallest absolute Gasteiger partial charge is 0.344 e. The summed E-state index contributed by atoms with van der Waals surface area (Å²) >= 11 is 0. The van der Waals surface area contributed by atoms with Gasteiger partial charge in [0.1, 0.15) is 0 Å². The molecule has 10 heteroatoms. The molecule has 2 N–H and O–H groups in total. The van der Waals surface area contributed by atoms with Crippen LogP contribution in [0.5, 0.6) is 0 Å². The summed E-state index contributed by atoms with van der Waals surface area (Å²) in [6, 6.07) is 9.20. The number of carbonyl (C=O) groups is 2. The SMILES string of the molecule is O=C(Nc1ccccc1CNC(=O)C(F)(F)F)c1ccc(C(F)(F)F)cc1. The number of nitrogens with one attached hydrogen (secondary N) is 2. The second-order valence-electron chi connectivity index (χ2n) is 5.37. The van der Waals surface area contributed by atoms with E-state index >= 15 is 0 Å². The summed E-state index contributed by atoms with van der Waals surface area (Å²) in [4.78, 5) is 23.1. The molecule has 0 aliphatic heterocycles. The Kier molecular flexibility index (Phi) is 5.77. The number of anilines is 1. The Morgan fingerprint density at radius 2 is 1.44 bits per heavy atom. The zero-order valence-corrected chi connectivity index (χ0v) is 13.4. The molecule has 0 radical (unpaired) electrons. The number of carbonyl (C=O) groups excluding carboxylic acids is 2. The van der Waals surface area contributed by atoms with Crippen LogP contribution in [0.15, 0.2) is 48.5 Å². The number of benzene rings is 2. The minimum Gasteiger partial charge on any atom is -0.344 e. The van der Waals surface area contributed by atoms with E-state index in [9.17, 15) is 35.9 Å². The molecule has 0 fully saturated rings. The number of hydrogen-bond donors (Lipinski definition) is 2. The largest absolute Gasteiger partial charge is 0.471 e. The predicted octanol–water partition coefficient (Wildman–Crippen LogP) is 4.14. The van der Waals surface area contributed by atoms with E-state index in [4.69, 9.17) is 0 Å². The average Bonchev–Trinajstić information content (AvgIpc) is 2.59. The van der Waals surface area contributed by atoms with E-state index < -0.39 is 36.3 Å². The molecule has 27 heavy (non-hydrogen) atoms. The Morgan fingerprint density at radius 3 is 2.00 bits per heavy atom. The summed E-state index contributed by atoms with van der Waals surface area (Å²) in [6.07, 6.45) is -9.59. The fraction of sp³-hybridized carbons (Fsp3) is 0.176. The molecule has 0 saturated carbocycles. The highest BCUT2D eigenvalue weighted by Crippen LogP contribution is 2.29. The van der Waals surface area contributed by atoms with Crippen LogP contribution in [-0.4, -0.2) is 18.0 Å². The second kappa shape index (κ2) is 7.68. The van der Waals surface area contributed by atoms with Crippen molar-refractivity contribution in [3.8, 4) is 0 Å². The molecule has 2 aromatic rings. The van der Waals surface area contributed by atoms with Gasteiger partial charge in [-0.15, -0.1) is 0 Å². The van der Waals surface area contributed by atoms with Crippen molar-refractivity contribution in [2.75, 3.05) is 5.32 Å². The van der Waals surface area contributed by atoms with Crippen LogP contribution in [0.4, 0.5) is 32.0 Å². The van der Waals surface area contributed by atoms with Crippen molar-refractivity contribution >= 4 is 17.5 Å². The highest BCUT2D eigenvalue weighted by Gasteiger charge is 2.38. The number of amides is 2. The molecule has 0 aromatic heterocycles. The van der Waals surface area contributed by atoms with Gasteiger partial charge in [-0.2, -0.15) is 26.3 Å². The fourth-order valence-corrected chi connectivity index (χ4v) is 2.08. The summed E-state index contributed by atoms with van der Waals surface area (Å²) in [6.45, 7) is -0.498. The molecule has 144 valence electrons. The molecule has 2 rings (SSSR count). The van der Waals surface area contributed by atoms with Gasteiger partial charge >= 0.3 is 18.3 Å². The monoisotopic (exact) mass is 390 g/mol. The zero-order chi connectivity index (χ0) is 20.2. The first kappa shape index (κ1) is 20.3. The third-order valence-electron chi connectivity index (χ3n) is 3.44. The first-order valence-corrected chi connectivity index (χ1v) is 7.40. The third-order valence-corrected chi connectivity index (χ3v) is 3.44. The number of hydrogen-bond acceptors (Lipinski definition) is 2. The van der Waals surface area contributed by atoms with Crippen molar-refractivity contribution in [3.63, 3.8) is 0 Å². The lowest BCUT2D eigenvalue weighted by Crippen LogP contribution is -2.36. The van der Waals surface area contributed by atoms with Crippen LogP contribution in [0, 0.1) is 0 Å². The molecule has 2 amide bonds. The lowest BCUT2D eigenvalue weighted by molar-refractivity contribution is -0.173. The minimum atomic E-state index is -5.04. The quantitative estimate of drug-likeness (QED) is 0.772. The van der Waals surface area contributed by atoms with Crippen molar-refractivity contribution in [1.29, 1.82) is 0 Å². The molecule has 0 aliphatic rings. The summed E-state index contributed by atoms with van der Waals surface area (Å²) < 4.78 is 74.3. The maximum absolute atomic E-state index is 12.5. The maximum atomic E-state index is 12.5. The van der Waals surface area contributed by atoms with Crippen molar-refractivity contribution in [3.05, 3.63) is 65.2 Å². The molecular weight excluding hydrogens is 378 g/mol. The first-order valence-electron chi connectivity index (χ1n) is 7.40. The summed E-state index contributed by atoms with van der Waals surface area (Å²) in [7, 11) is 0. The maximum Gasteiger partial charge on any atom is 0.471 e. The Bertz CT molecular complexity index is 829. The van der Waals surface area contributed by atoms with Gasteiger partial charge in [0.2, 0.25) is 0 Å². The van der Waals surface area contributed by atoms with Gasteiger partial charge in [-0.05, 0) is 35.9 Å². The van der Waals surface area contributed by atoms with E-state index in [1.165, 1.54) is 24.3 Å². The van der Waals surface area contributed by atoms with Crippen molar-refractivity contribution < 1.29 is 35.9 Å². The van der Waals surface area contributed by atoms with Crippen LogP contribution in [0.1, 0.15) is 21.5 Å². The van der Waals surface area contributed by atoms with E-state index in [0.717, 1.165) is 24.3 Å². The van der Waals surface area contributed by atoms with Crippen molar-refractivity contribution in [2.24, 2.45) is 0 Å². The van der Waals surface area contributed by atoms with Gasteiger partial charge < -0.3 is 10.6 Å². The minimum absolute atomic E-state index is 0.0721. The standard InChI is InChI=1S/C17H12F6N2O2/c18-16(19,20)12-7-5-10(6-8-12)14(26)25-13-4-2-1-3-11(13)9-24-15(27)17(21,22)23/h1-8H,9H2,(H,24,27)(H,25,26). The second-order valence-corrected chi connectivity index (χ2v) is 5.37.